The number of aromatic nitrogens is 4. The maximum Gasteiger partial charge on any atom is 0.213 e. The third-order valence-corrected chi connectivity index (χ3v) is 4.62. The fraction of sp³-hybridized carbons (Fsp3) is 0.217. The first-order valence-corrected chi connectivity index (χ1v) is 10.3. The summed E-state index contributed by atoms with van der Waals surface area (Å²) in [5, 5.41) is 14.9. The molecule has 0 bridgehead atoms. The van der Waals surface area contributed by atoms with Crippen LogP contribution >= 0.6 is 24.0 Å². The van der Waals surface area contributed by atoms with Gasteiger partial charge in [0.1, 0.15) is 19.0 Å². The van der Waals surface area contributed by atoms with Crippen LogP contribution in [0.25, 0.3) is 5.65 Å². The largest absolute Gasteiger partial charge is 0.490 e. The molecule has 4 rings (SSSR count). The number of para-hydroxylation sites is 1. The number of halogens is 1. The summed E-state index contributed by atoms with van der Waals surface area (Å²) in [7, 11) is 1.73. The third kappa shape index (κ3) is 7.04. The van der Waals surface area contributed by atoms with Gasteiger partial charge in [0.15, 0.2) is 17.4 Å². The Hall–Kier alpha value is -3.41. The molecule has 10 heteroatoms. The normalized spacial score (nSPS) is 11.0. The maximum absolute atomic E-state index is 5.64. The minimum absolute atomic E-state index is 0. The van der Waals surface area contributed by atoms with Crippen molar-refractivity contribution in [1.29, 1.82) is 0 Å². The molecule has 0 saturated heterocycles. The number of aliphatic imine (C=N–C) groups is 1. The lowest BCUT2D eigenvalue weighted by Crippen LogP contribution is -2.36. The number of nitrogens with zero attached hydrogens (tertiary/aromatic N) is 5. The van der Waals surface area contributed by atoms with E-state index in [1.165, 1.54) is 0 Å². The van der Waals surface area contributed by atoms with E-state index in [-0.39, 0.29) is 24.0 Å². The number of ether oxygens (including phenoxy) is 2. The fourth-order valence-electron chi connectivity index (χ4n) is 3.00. The van der Waals surface area contributed by atoms with E-state index in [2.05, 4.69) is 30.8 Å². The highest BCUT2D eigenvalue weighted by Crippen LogP contribution is 2.10. The molecule has 2 N–H and O–H groups in total. The number of fused-ring (bicyclic) bond motifs is 1. The number of nitrogens with one attached hydrogen (secondary N) is 2. The summed E-state index contributed by atoms with van der Waals surface area (Å²) in [5.74, 6) is 2.86. The quantitative estimate of drug-likeness (QED) is 0.141. The molecule has 0 unspecified atom stereocenters. The molecule has 0 saturated carbocycles. The molecule has 0 fully saturated rings. The van der Waals surface area contributed by atoms with Crippen LogP contribution in [0.1, 0.15) is 11.4 Å². The van der Waals surface area contributed by atoms with Crippen molar-refractivity contribution in [2.45, 2.75) is 13.1 Å². The van der Waals surface area contributed by atoms with Crippen molar-refractivity contribution in [2.75, 3.05) is 20.3 Å². The van der Waals surface area contributed by atoms with Crippen LogP contribution in [0.4, 0.5) is 0 Å². The zero-order chi connectivity index (χ0) is 22.0. The van der Waals surface area contributed by atoms with Crippen LogP contribution in [0.3, 0.4) is 0 Å². The monoisotopic (exact) mass is 559 g/mol. The molecule has 3 aromatic heterocycles. The van der Waals surface area contributed by atoms with Gasteiger partial charge in [0.25, 0.3) is 0 Å². The average Bonchev–Trinajstić information content (AvgIpc) is 3.26. The Balaban J connectivity index is 0.00000306. The third-order valence-electron chi connectivity index (χ3n) is 4.62. The number of rotatable bonds is 9. The predicted molar refractivity (Wildman–Crippen MR) is 137 cm³/mol. The fourth-order valence-corrected chi connectivity index (χ4v) is 3.00. The van der Waals surface area contributed by atoms with Gasteiger partial charge in [-0.1, -0.05) is 30.3 Å². The molecular formula is C23H26IN7O2. The van der Waals surface area contributed by atoms with Crippen molar-refractivity contribution in [2.24, 2.45) is 4.99 Å². The minimum atomic E-state index is 0. The molecule has 0 radical (unpaired) electrons. The average molecular weight is 559 g/mol. The van der Waals surface area contributed by atoms with Crippen LogP contribution in [0.15, 0.2) is 78.0 Å². The minimum Gasteiger partial charge on any atom is -0.490 e. The van der Waals surface area contributed by atoms with Gasteiger partial charge in [0, 0.05) is 32.1 Å². The number of hydrogen-bond acceptors (Lipinski definition) is 6. The second-order valence-corrected chi connectivity index (χ2v) is 6.84. The van der Waals surface area contributed by atoms with E-state index in [0.717, 1.165) is 22.8 Å². The van der Waals surface area contributed by atoms with E-state index in [0.29, 0.717) is 38.1 Å². The first kappa shape index (κ1) is 24.2. The Kier molecular flexibility index (Phi) is 9.24. The van der Waals surface area contributed by atoms with Gasteiger partial charge in [-0.2, -0.15) is 0 Å². The van der Waals surface area contributed by atoms with Crippen LogP contribution in [-0.4, -0.2) is 45.8 Å². The lowest BCUT2D eigenvalue weighted by Gasteiger charge is -2.12. The molecule has 4 aromatic rings. The van der Waals surface area contributed by atoms with Crippen molar-refractivity contribution in [3.8, 4) is 11.6 Å². The topological polar surface area (TPSA) is 98.0 Å². The van der Waals surface area contributed by atoms with Gasteiger partial charge in [-0.25, -0.2) is 4.98 Å². The van der Waals surface area contributed by atoms with Gasteiger partial charge in [-0.3, -0.25) is 9.39 Å². The molecule has 0 atom stereocenters. The van der Waals surface area contributed by atoms with Crippen LogP contribution in [0, 0.1) is 0 Å². The number of pyridine rings is 2. The summed E-state index contributed by atoms with van der Waals surface area (Å²) in [4.78, 5) is 8.60. The lowest BCUT2D eigenvalue weighted by molar-refractivity contribution is 0.212. The van der Waals surface area contributed by atoms with Crippen LogP contribution in [-0.2, 0) is 13.1 Å². The summed E-state index contributed by atoms with van der Waals surface area (Å²) in [6.07, 6.45) is 3.71. The van der Waals surface area contributed by atoms with Crippen LogP contribution < -0.4 is 20.1 Å². The van der Waals surface area contributed by atoms with Gasteiger partial charge in [0.05, 0.1) is 6.54 Å². The highest BCUT2D eigenvalue weighted by molar-refractivity contribution is 14.0. The van der Waals surface area contributed by atoms with Crippen molar-refractivity contribution in [3.05, 3.63) is 84.4 Å². The molecule has 9 nitrogen and oxygen atoms in total. The molecule has 0 aliphatic carbocycles. The van der Waals surface area contributed by atoms with E-state index in [9.17, 15) is 0 Å². The Morgan fingerprint density at radius 2 is 1.70 bits per heavy atom. The standard InChI is InChI=1S/C23H25N7O2.HI/c1-24-23(27-17-21-29-28-20-9-5-6-12-30(20)21)26-16-18-10-11-22(25-15-18)32-14-13-31-19-7-3-2-4-8-19;/h2-12,15H,13-14,16-17H2,1H3,(H2,24,26,27);1H. The first-order chi connectivity index (χ1) is 15.8. The van der Waals surface area contributed by atoms with Crippen molar-refractivity contribution >= 4 is 35.6 Å². The van der Waals surface area contributed by atoms with E-state index >= 15 is 0 Å². The lowest BCUT2D eigenvalue weighted by atomic mass is 10.3. The highest BCUT2D eigenvalue weighted by Gasteiger charge is 2.06. The maximum atomic E-state index is 5.64. The molecule has 172 valence electrons. The molecule has 33 heavy (non-hydrogen) atoms. The van der Waals surface area contributed by atoms with E-state index < -0.39 is 0 Å². The molecule has 3 heterocycles. The SMILES string of the molecule is CN=C(NCc1ccc(OCCOc2ccccc2)nc1)NCc1nnc2ccccn12.I. The Labute approximate surface area is 209 Å². The van der Waals surface area contributed by atoms with Crippen LogP contribution in [0.5, 0.6) is 11.6 Å². The predicted octanol–water partition coefficient (Wildman–Crippen LogP) is 3.07. The smallest absolute Gasteiger partial charge is 0.213 e. The van der Waals surface area contributed by atoms with Crippen LogP contribution in [0.2, 0.25) is 0 Å². The Bertz CT molecular complexity index is 1150. The summed E-state index contributed by atoms with van der Waals surface area (Å²) in [5.41, 5.74) is 1.82. The molecule has 0 aliphatic rings. The number of hydrogen-bond donors (Lipinski definition) is 2. The van der Waals surface area contributed by atoms with E-state index in [1.54, 1.807) is 13.2 Å². The summed E-state index contributed by atoms with van der Waals surface area (Å²) in [6, 6.07) is 19.3. The van der Waals surface area contributed by atoms with Gasteiger partial charge in [-0.15, -0.1) is 34.2 Å². The van der Waals surface area contributed by atoms with Crippen molar-refractivity contribution in [1.82, 2.24) is 30.2 Å². The summed E-state index contributed by atoms with van der Waals surface area (Å²) >= 11 is 0. The molecule has 0 spiro atoms. The van der Waals surface area contributed by atoms with Gasteiger partial charge in [0.2, 0.25) is 5.88 Å². The molecule has 0 aliphatic heterocycles. The van der Waals surface area contributed by atoms with E-state index in [1.807, 2.05) is 71.3 Å². The highest BCUT2D eigenvalue weighted by atomic mass is 127. The van der Waals surface area contributed by atoms with Gasteiger partial charge >= 0.3 is 0 Å². The molecule has 1 aromatic carbocycles. The second-order valence-electron chi connectivity index (χ2n) is 6.84. The summed E-state index contributed by atoms with van der Waals surface area (Å²) in [6.45, 7) is 1.96. The summed E-state index contributed by atoms with van der Waals surface area (Å²) < 4.78 is 13.2. The Morgan fingerprint density at radius 3 is 2.48 bits per heavy atom. The molecule has 0 amide bonds. The number of guanidine groups is 1. The molecular weight excluding hydrogens is 533 g/mol. The van der Waals surface area contributed by atoms with E-state index in [4.69, 9.17) is 9.47 Å². The second kappa shape index (κ2) is 12.6. The van der Waals surface area contributed by atoms with Gasteiger partial charge < -0.3 is 20.1 Å². The van der Waals surface area contributed by atoms with Gasteiger partial charge in [-0.05, 0) is 29.8 Å². The number of benzene rings is 1. The zero-order valence-electron chi connectivity index (χ0n) is 18.2. The first-order valence-electron chi connectivity index (χ1n) is 10.3. The van der Waals surface area contributed by atoms with Crippen molar-refractivity contribution < 1.29 is 9.47 Å². The van der Waals surface area contributed by atoms with Crippen molar-refractivity contribution in [3.63, 3.8) is 0 Å². The Morgan fingerprint density at radius 1 is 0.909 bits per heavy atom. The zero-order valence-corrected chi connectivity index (χ0v) is 20.5.